The van der Waals surface area contributed by atoms with Crippen LogP contribution >= 0.6 is 11.3 Å². The molecule has 3 aromatic rings. The third kappa shape index (κ3) is 3.52. The fourth-order valence-corrected chi connectivity index (χ4v) is 3.17. The fraction of sp³-hybridized carbons (Fsp3) is 0.0588. The number of nitrogens with two attached hydrogens (primary N) is 1. The average molecular weight is 372 g/mol. The van der Waals surface area contributed by atoms with E-state index in [-0.39, 0.29) is 22.8 Å². The first-order chi connectivity index (χ1) is 12.3. The first kappa shape index (κ1) is 17.5. The molecule has 3 N–H and O–H groups in total. The third-order valence-electron chi connectivity index (χ3n) is 3.62. The number of amides is 1. The van der Waals surface area contributed by atoms with Crippen LogP contribution in [0.25, 0.3) is 11.3 Å². The number of carbonyl (C=O) groups is 1. The van der Waals surface area contributed by atoms with Crippen molar-refractivity contribution in [2.45, 2.75) is 6.92 Å². The summed E-state index contributed by atoms with van der Waals surface area (Å²) < 4.78 is 13.1. The number of nitrogens with zero attached hydrogens (tertiary/aromatic N) is 2. The normalized spacial score (nSPS) is 10.5. The highest BCUT2D eigenvalue weighted by Crippen LogP contribution is 2.31. The fourth-order valence-electron chi connectivity index (χ4n) is 2.34. The van der Waals surface area contributed by atoms with Gasteiger partial charge in [0.15, 0.2) is 5.13 Å². The van der Waals surface area contributed by atoms with E-state index in [0.29, 0.717) is 10.8 Å². The zero-order chi connectivity index (χ0) is 18.8. The molecule has 0 fully saturated rings. The van der Waals surface area contributed by atoms with Gasteiger partial charge in [0, 0.05) is 22.1 Å². The highest BCUT2D eigenvalue weighted by molar-refractivity contribution is 7.16. The molecule has 0 radical (unpaired) electrons. The van der Waals surface area contributed by atoms with Gasteiger partial charge in [-0.1, -0.05) is 0 Å². The molecule has 26 heavy (non-hydrogen) atoms. The summed E-state index contributed by atoms with van der Waals surface area (Å²) in [5, 5.41) is 13.9. The number of rotatable bonds is 4. The number of hydrogen-bond donors (Lipinski definition) is 2. The van der Waals surface area contributed by atoms with Gasteiger partial charge in [0.05, 0.1) is 10.6 Å². The van der Waals surface area contributed by atoms with Crippen molar-refractivity contribution in [1.29, 1.82) is 0 Å². The van der Waals surface area contributed by atoms with Gasteiger partial charge in [-0.05, 0) is 43.3 Å². The molecule has 1 amide bonds. The van der Waals surface area contributed by atoms with Crippen molar-refractivity contribution in [1.82, 2.24) is 4.98 Å². The molecule has 9 heteroatoms. The SMILES string of the molecule is Cc1sc(NC(=O)c2ccc(N)c([N+](=O)[O-])c2)nc1-c1ccc(F)cc1. The zero-order valence-corrected chi connectivity index (χ0v) is 14.3. The second-order valence-electron chi connectivity index (χ2n) is 5.42. The Morgan fingerprint density at radius 1 is 1.27 bits per heavy atom. The number of halogens is 1. The molecule has 0 aliphatic rings. The lowest BCUT2D eigenvalue weighted by Crippen LogP contribution is -2.12. The lowest BCUT2D eigenvalue weighted by molar-refractivity contribution is -0.383. The Bertz CT molecular complexity index is 1000. The van der Waals surface area contributed by atoms with Gasteiger partial charge in [0.1, 0.15) is 11.5 Å². The summed E-state index contributed by atoms with van der Waals surface area (Å²) in [4.78, 5) is 27.8. The minimum atomic E-state index is -0.647. The molecule has 2 aromatic carbocycles. The van der Waals surface area contributed by atoms with Crippen molar-refractivity contribution >= 4 is 33.8 Å². The second-order valence-corrected chi connectivity index (χ2v) is 6.62. The molecule has 0 aliphatic heterocycles. The van der Waals surface area contributed by atoms with Crippen molar-refractivity contribution in [3.8, 4) is 11.3 Å². The molecule has 132 valence electrons. The van der Waals surface area contributed by atoms with Crippen LogP contribution in [0.15, 0.2) is 42.5 Å². The minimum absolute atomic E-state index is 0.0183. The van der Waals surface area contributed by atoms with E-state index in [1.807, 2.05) is 6.92 Å². The van der Waals surface area contributed by atoms with E-state index in [9.17, 15) is 19.3 Å². The van der Waals surface area contributed by atoms with E-state index in [1.54, 1.807) is 12.1 Å². The molecule has 0 spiro atoms. The topological polar surface area (TPSA) is 111 Å². The number of nitro benzene ring substituents is 1. The molecule has 7 nitrogen and oxygen atoms in total. The lowest BCUT2D eigenvalue weighted by atomic mass is 10.1. The molecule has 1 aromatic heterocycles. The number of aromatic nitrogens is 1. The van der Waals surface area contributed by atoms with Crippen LogP contribution in [0.3, 0.4) is 0 Å². The predicted octanol–water partition coefficient (Wildman–Crippen LogP) is 4.00. The number of carbonyl (C=O) groups excluding carboxylic acids is 1. The van der Waals surface area contributed by atoms with E-state index in [1.165, 1.54) is 35.6 Å². The first-order valence-corrected chi connectivity index (χ1v) is 8.25. The quantitative estimate of drug-likeness (QED) is 0.408. The Morgan fingerprint density at radius 3 is 2.62 bits per heavy atom. The van der Waals surface area contributed by atoms with Crippen LogP contribution in [0.5, 0.6) is 0 Å². The summed E-state index contributed by atoms with van der Waals surface area (Å²) in [5.74, 6) is -0.882. The van der Waals surface area contributed by atoms with E-state index in [0.717, 1.165) is 16.5 Å². The van der Waals surface area contributed by atoms with Crippen molar-refractivity contribution in [2.75, 3.05) is 11.1 Å². The van der Waals surface area contributed by atoms with E-state index in [4.69, 9.17) is 5.73 Å². The third-order valence-corrected chi connectivity index (χ3v) is 4.51. The van der Waals surface area contributed by atoms with E-state index < -0.39 is 10.8 Å². The van der Waals surface area contributed by atoms with Gasteiger partial charge >= 0.3 is 0 Å². The minimum Gasteiger partial charge on any atom is -0.393 e. The van der Waals surface area contributed by atoms with Crippen molar-refractivity contribution in [3.05, 3.63) is 68.8 Å². The summed E-state index contributed by atoms with van der Waals surface area (Å²) in [7, 11) is 0. The first-order valence-electron chi connectivity index (χ1n) is 7.44. The molecule has 0 saturated heterocycles. The Hall–Kier alpha value is -3.33. The zero-order valence-electron chi connectivity index (χ0n) is 13.5. The lowest BCUT2D eigenvalue weighted by Gasteiger charge is -2.03. The Balaban J connectivity index is 1.84. The summed E-state index contributed by atoms with van der Waals surface area (Å²) in [6.07, 6.45) is 0. The highest BCUT2D eigenvalue weighted by atomic mass is 32.1. The van der Waals surface area contributed by atoms with Gasteiger partial charge < -0.3 is 5.73 Å². The van der Waals surface area contributed by atoms with Crippen molar-refractivity contribution in [2.24, 2.45) is 0 Å². The monoisotopic (exact) mass is 372 g/mol. The molecule has 0 unspecified atom stereocenters. The maximum Gasteiger partial charge on any atom is 0.292 e. The largest absolute Gasteiger partial charge is 0.393 e. The number of aryl methyl sites for hydroxylation is 1. The maximum absolute atomic E-state index is 13.1. The summed E-state index contributed by atoms with van der Waals surface area (Å²) in [5.41, 5.74) is 6.64. The molecule has 0 bridgehead atoms. The summed E-state index contributed by atoms with van der Waals surface area (Å²) in [6.45, 7) is 1.83. The Kier molecular flexibility index (Phi) is 4.63. The van der Waals surface area contributed by atoms with Gasteiger partial charge in [0.25, 0.3) is 11.6 Å². The smallest absolute Gasteiger partial charge is 0.292 e. The van der Waals surface area contributed by atoms with Crippen LogP contribution in [0.2, 0.25) is 0 Å². The van der Waals surface area contributed by atoms with Crippen LogP contribution in [0.1, 0.15) is 15.2 Å². The molecule has 0 saturated carbocycles. The van der Waals surface area contributed by atoms with Crippen molar-refractivity contribution < 1.29 is 14.1 Å². The van der Waals surface area contributed by atoms with Gasteiger partial charge in [-0.25, -0.2) is 9.37 Å². The number of hydrogen-bond acceptors (Lipinski definition) is 6. The maximum atomic E-state index is 13.1. The molecule has 1 heterocycles. The van der Waals surface area contributed by atoms with Crippen molar-refractivity contribution in [3.63, 3.8) is 0 Å². The molecule has 3 rings (SSSR count). The Labute approximate surface area is 151 Å². The number of thiazole rings is 1. The average Bonchev–Trinajstić information content (AvgIpc) is 2.96. The number of nitro groups is 1. The van der Waals surface area contributed by atoms with Crippen LogP contribution in [-0.4, -0.2) is 15.8 Å². The van der Waals surface area contributed by atoms with E-state index in [2.05, 4.69) is 10.3 Å². The molecule has 0 atom stereocenters. The van der Waals surface area contributed by atoms with Gasteiger partial charge in [-0.2, -0.15) is 0 Å². The second kappa shape index (κ2) is 6.89. The van der Waals surface area contributed by atoms with E-state index >= 15 is 0 Å². The number of nitrogens with one attached hydrogen (secondary N) is 1. The molecular weight excluding hydrogens is 359 g/mol. The summed E-state index contributed by atoms with van der Waals surface area (Å²) >= 11 is 1.25. The van der Waals surface area contributed by atoms with Gasteiger partial charge in [-0.3, -0.25) is 20.2 Å². The number of nitrogen functional groups attached to an aromatic ring is 1. The van der Waals surface area contributed by atoms with Crippen LogP contribution in [0, 0.1) is 22.9 Å². The Morgan fingerprint density at radius 2 is 1.96 bits per heavy atom. The van der Waals surface area contributed by atoms with Crippen LogP contribution < -0.4 is 11.1 Å². The summed E-state index contributed by atoms with van der Waals surface area (Å²) in [6, 6.07) is 9.70. The number of anilines is 2. The van der Waals surface area contributed by atoms with Gasteiger partial charge in [-0.15, -0.1) is 11.3 Å². The van der Waals surface area contributed by atoms with Crippen LogP contribution in [-0.2, 0) is 0 Å². The van der Waals surface area contributed by atoms with Gasteiger partial charge in [0.2, 0.25) is 0 Å². The molecular formula is C17H13FN4O3S. The highest BCUT2D eigenvalue weighted by Gasteiger charge is 2.17. The molecule has 0 aliphatic carbocycles. The predicted molar refractivity (Wildman–Crippen MR) is 97.7 cm³/mol. The van der Waals surface area contributed by atoms with Crippen LogP contribution in [0.4, 0.5) is 20.9 Å². The number of benzene rings is 2. The standard InChI is InChI=1S/C17H13FN4O3S/c1-9-15(10-2-5-12(18)6-3-10)20-17(26-9)21-16(23)11-4-7-13(19)14(8-11)22(24)25/h2-8H,19H2,1H3,(H,20,21,23).